The number of hydrogen-bond donors (Lipinski definition) is 1. The Labute approximate surface area is 188 Å². The van der Waals surface area contributed by atoms with E-state index in [4.69, 9.17) is 10.5 Å². The number of nitrogen functional groups attached to an aromatic ring is 1. The van der Waals surface area contributed by atoms with Crippen LogP contribution in [-0.2, 0) is 4.74 Å². The average molecular weight is 471 g/mol. The van der Waals surface area contributed by atoms with Crippen molar-refractivity contribution in [3.63, 3.8) is 0 Å². The third-order valence-electron chi connectivity index (χ3n) is 5.62. The van der Waals surface area contributed by atoms with Crippen molar-refractivity contribution in [1.82, 2.24) is 4.90 Å². The number of nitrogens with two attached hydrogens (primary N) is 1. The van der Waals surface area contributed by atoms with Gasteiger partial charge in [-0.25, -0.2) is 8.78 Å². The maximum atomic E-state index is 13.3. The Bertz CT molecular complexity index is 942. The quantitative estimate of drug-likeness (QED) is 0.485. The summed E-state index contributed by atoms with van der Waals surface area (Å²) >= 11 is 0. The van der Waals surface area contributed by atoms with Crippen molar-refractivity contribution in [1.29, 1.82) is 0 Å². The van der Waals surface area contributed by atoms with Crippen molar-refractivity contribution in [2.75, 3.05) is 43.5 Å². The number of amides is 1. The maximum Gasteiger partial charge on any atom is 0.408 e. The molecule has 1 aliphatic heterocycles. The summed E-state index contributed by atoms with van der Waals surface area (Å²) in [4.78, 5) is 15.0. The topological polar surface area (TPSA) is 58.8 Å². The molecule has 0 aliphatic carbocycles. The van der Waals surface area contributed by atoms with Crippen molar-refractivity contribution in [3.8, 4) is 11.1 Å². The van der Waals surface area contributed by atoms with Crippen LogP contribution in [0.5, 0.6) is 0 Å². The van der Waals surface area contributed by atoms with Gasteiger partial charge in [-0.05, 0) is 37.1 Å². The van der Waals surface area contributed by atoms with Crippen LogP contribution in [0.2, 0.25) is 0 Å². The van der Waals surface area contributed by atoms with Gasteiger partial charge >= 0.3 is 6.18 Å². The Morgan fingerprint density at radius 1 is 1.12 bits per heavy atom. The van der Waals surface area contributed by atoms with Gasteiger partial charge in [0.05, 0.1) is 24.5 Å². The minimum Gasteiger partial charge on any atom is -0.397 e. The van der Waals surface area contributed by atoms with E-state index in [-0.39, 0.29) is 17.3 Å². The largest absolute Gasteiger partial charge is 0.408 e. The minimum atomic E-state index is -4.71. The molecule has 10 heteroatoms. The van der Waals surface area contributed by atoms with E-state index in [1.165, 1.54) is 12.1 Å². The highest BCUT2D eigenvalue weighted by molar-refractivity contribution is 5.95. The van der Waals surface area contributed by atoms with Gasteiger partial charge in [-0.1, -0.05) is 24.3 Å². The first-order valence-electron chi connectivity index (χ1n) is 10.6. The SMILES string of the molecule is CC(N(CC(F)F)c1cccc(-c2ccc(C(=O)N3CCCOCC3)cc2)c1N)C(F)(F)F. The number of ether oxygens (including phenoxy) is 1. The lowest BCUT2D eigenvalue weighted by Gasteiger charge is -2.33. The van der Waals surface area contributed by atoms with E-state index in [0.717, 1.165) is 13.3 Å². The first-order valence-corrected chi connectivity index (χ1v) is 10.6. The minimum absolute atomic E-state index is 0.0435. The Balaban J connectivity index is 1.89. The van der Waals surface area contributed by atoms with Gasteiger partial charge in [-0.15, -0.1) is 0 Å². The van der Waals surface area contributed by atoms with Crippen molar-refractivity contribution >= 4 is 17.3 Å². The molecule has 0 bridgehead atoms. The summed E-state index contributed by atoms with van der Waals surface area (Å²) < 4.78 is 71.5. The molecule has 1 heterocycles. The molecule has 1 saturated heterocycles. The fourth-order valence-electron chi connectivity index (χ4n) is 3.77. The predicted octanol–water partition coefficient (Wildman–Crippen LogP) is 4.82. The highest BCUT2D eigenvalue weighted by atomic mass is 19.4. The average Bonchev–Trinajstić information content (AvgIpc) is 3.06. The summed E-state index contributed by atoms with van der Waals surface area (Å²) in [6.45, 7) is 1.87. The normalized spacial score (nSPS) is 15.9. The van der Waals surface area contributed by atoms with Gasteiger partial charge in [0.25, 0.3) is 12.3 Å². The highest BCUT2D eigenvalue weighted by Gasteiger charge is 2.41. The lowest BCUT2D eigenvalue weighted by atomic mass is 10.00. The number of rotatable bonds is 6. The molecule has 1 unspecified atom stereocenters. The van der Waals surface area contributed by atoms with Crippen LogP contribution in [-0.4, -0.2) is 62.3 Å². The predicted molar refractivity (Wildman–Crippen MR) is 116 cm³/mol. The molecule has 1 aliphatic rings. The zero-order valence-corrected chi connectivity index (χ0v) is 18.1. The molecule has 180 valence electrons. The second-order valence-corrected chi connectivity index (χ2v) is 7.83. The van der Waals surface area contributed by atoms with E-state index in [1.54, 1.807) is 35.2 Å². The fraction of sp³-hybridized carbons (Fsp3) is 0.435. The lowest BCUT2D eigenvalue weighted by Crippen LogP contribution is -2.46. The number of alkyl halides is 5. The molecule has 0 radical (unpaired) electrons. The number of hydrogen-bond acceptors (Lipinski definition) is 4. The fourth-order valence-corrected chi connectivity index (χ4v) is 3.77. The van der Waals surface area contributed by atoms with Crippen LogP contribution < -0.4 is 10.6 Å². The molecule has 2 aromatic rings. The molecular formula is C23H26F5N3O2. The van der Waals surface area contributed by atoms with Crippen LogP contribution in [0.15, 0.2) is 42.5 Å². The van der Waals surface area contributed by atoms with Crippen LogP contribution >= 0.6 is 0 Å². The smallest absolute Gasteiger partial charge is 0.397 e. The molecule has 0 spiro atoms. The van der Waals surface area contributed by atoms with Crippen molar-refractivity contribution in [2.45, 2.75) is 32.0 Å². The summed E-state index contributed by atoms with van der Waals surface area (Å²) in [6, 6.07) is 8.72. The summed E-state index contributed by atoms with van der Waals surface area (Å²) in [5, 5.41) is 0. The standard InChI is InChI=1S/C23H26F5N3O2/c1-15(23(26,27)28)31(14-20(24)25)19-5-2-4-18(21(19)29)16-6-8-17(9-7-16)22(32)30-10-3-12-33-13-11-30/h2,4-9,15,20H,3,10-14,29H2,1H3. The molecule has 33 heavy (non-hydrogen) atoms. The van der Waals surface area contributed by atoms with Gasteiger partial charge < -0.3 is 20.3 Å². The van der Waals surface area contributed by atoms with Gasteiger partial charge in [0, 0.05) is 30.8 Å². The van der Waals surface area contributed by atoms with E-state index in [0.29, 0.717) is 47.9 Å². The van der Waals surface area contributed by atoms with Crippen LogP contribution in [0.4, 0.5) is 33.3 Å². The number of nitrogens with zero attached hydrogens (tertiary/aromatic N) is 2. The Morgan fingerprint density at radius 3 is 2.45 bits per heavy atom. The molecule has 5 nitrogen and oxygen atoms in total. The monoisotopic (exact) mass is 471 g/mol. The second-order valence-electron chi connectivity index (χ2n) is 7.83. The van der Waals surface area contributed by atoms with E-state index >= 15 is 0 Å². The van der Waals surface area contributed by atoms with Gasteiger partial charge in [0.2, 0.25) is 0 Å². The molecular weight excluding hydrogens is 445 g/mol. The zero-order chi connectivity index (χ0) is 24.2. The highest BCUT2D eigenvalue weighted by Crippen LogP contribution is 2.38. The summed E-state index contributed by atoms with van der Waals surface area (Å²) in [7, 11) is 0. The third-order valence-corrected chi connectivity index (χ3v) is 5.62. The summed E-state index contributed by atoms with van der Waals surface area (Å²) in [5.41, 5.74) is 7.40. The van der Waals surface area contributed by atoms with Gasteiger partial charge in [-0.3, -0.25) is 4.79 Å². The summed E-state index contributed by atoms with van der Waals surface area (Å²) in [5.74, 6) is -0.143. The first kappa shape index (κ1) is 24.8. The van der Waals surface area contributed by atoms with Crippen molar-refractivity contribution in [2.24, 2.45) is 0 Å². The van der Waals surface area contributed by atoms with Gasteiger partial charge in [0.15, 0.2) is 0 Å². The first-order chi connectivity index (χ1) is 15.6. The number of carbonyl (C=O) groups is 1. The van der Waals surface area contributed by atoms with Gasteiger partial charge in [0.1, 0.15) is 6.04 Å². The Kier molecular flexibility index (Phi) is 7.78. The molecule has 2 aromatic carbocycles. The Morgan fingerprint density at radius 2 is 1.82 bits per heavy atom. The summed E-state index contributed by atoms with van der Waals surface area (Å²) in [6.07, 6.45) is -6.94. The number of para-hydroxylation sites is 1. The molecule has 1 fully saturated rings. The Hall–Kier alpha value is -2.88. The van der Waals surface area contributed by atoms with Crippen molar-refractivity contribution in [3.05, 3.63) is 48.0 Å². The van der Waals surface area contributed by atoms with E-state index in [1.807, 2.05) is 0 Å². The number of anilines is 2. The molecule has 1 amide bonds. The second kappa shape index (κ2) is 10.4. The van der Waals surface area contributed by atoms with Crippen LogP contribution in [0, 0.1) is 0 Å². The number of benzene rings is 2. The molecule has 0 aromatic heterocycles. The molecule has 1 atom stereocenters. The lowest BCUT2D eigenvalue weighted by molar-refractivity contribution is -0.145. The van der Waals surface area contributed by atoms with E-state index in [2.05, 4.69) is 0 Å². The maximum absolute atomic E-state index is 13.3. The van der Waals surface area contributed by atoms with E-state index in [9.17, 15) is 26.7 Å². The molecule has 2 N–H and O–H groups in total. The third kappa shape index (κ3) is 5.93. The zero-order valence-electron chi connectivity index (χ0n) is 18.1. The molecule has 0 saturated carbocycles. The van der Waals surface area contributed by atoms with Gasteiger partial charge in [-0.2, -0.15) is 13.2 Å². The van der Waals surface area contributed by atoms with Crippen LogP contribution in [0.25, 0.3) is 11.1 Å². The van der Waals surface area contributed by atoms with Crippen molar-refractivity contribution < 1.29 is 31.5 Å². The number of carbonyl (C=O) groups excluding carboxylic acids is 1. The van der Waals surface area contributed by atoms with Crippen LogP contribution in [0.1, 0.15) is 23.7 Å². The number of halogens is 5. The van der Waals surface area contributed by atoms with Crippen LogP contribution in [0.3, 0.4) is 0 Å². The molecule has 3 rings (SSSR count). The van der Waals surface area contributed by atoms with E-state index < -0.39 is 25.2 Å².